The summed E-state index contributed by atoms with van der Waals surface area (Å²) >= 11 is 3.36. The highest BCUT2D eigenvalue weighted by atomic mass is 35.5. The van der Waals surface area contributed by atoms with Crippen LogP contribution in [0.4, 0.5) is 0 Å². The van der Waals surface area contributed by atoms with Gasteiger partial charge in [0.2, 0.25) is 5.91 Å². The average Bonchev–Trinajstić information content (AvgIpc) is 3.08. The van der Waals surface area contributed by atoms with E-state index in [0.29, 0.717) is 24.9 Å². The molecule has 0 saturated carbocycles. The number of nitrogens with zero attached hydrogens (tertiary/aromatic N) is 3. The standard InChI is InChI=1S/C17H24N4OS2.ClH/c1-10-6-13(7-18)8-21(10)14(22)4-5-23-16-15-11(2)12(3)24-17(15)20-9-19-16;/h9-10,13H,4-8,18H2,1-3H3;1H. The van der Waals surface area contributed by atoms with Crippen LogP contribution in [0.2, 0.25) is 0 Å². The lowest BCUT2D eigenvalue weighted by molar-refractivity contribution is -0.131. The molecule has 3 rings (SSSR count). The van der Waals surface area contributed by atoms with Gasteiger partial charge < -0.3 is 10.6 Å². The number of halogens is 1. The summed E-state index contributed by atoms with van der Waals surface area (Å²) in [7, 11) is 0. The van der Waals surface area contributed by atoms with Gasteiger partial charge in [-0.1, -0.05) is 0 Å². The zero-order valence-electron chi connectivity index (χ0n) is 14.8. The molecule has 3 heterocycles. The van der Waals surface area contributed by atoms with Crippen molar-refractivity contribution in [1.29, 1.82) is 0 Å². The minimum Gasteiger partial charge on any atom is -0.340 e. The first-order valence-electron chi connectivity index (χ1n) is 8.34. The summed E-state index contributed by atoms with van der Waals surface area (Å²) in [6.45, 7) is 7.82. The highest BCUT2D eigenvalue weighted by Crippen LogP contribution is 2.34. The van der Waals surface area contributed by atoms with Crippen LogP contribution in [-0.2, 0) is 4.79 Å². The van der Waals surface area contributed by atoms with E-state index in [0.717, 1.165) is 34.0 Å². The lowest BCUT2D eigenvalue weighted by atomic mass is 10.1. The maximum Gasteiger partial charge on any atom is 0.223 e. The predicted molar refractivity (Wildman–Crippen MR) is 108 cm³/mol. The summed E-state index contributed by atoms with van der Waals surface area (Å²) in [6.07, 6.45) is 3.19. The van der Waals surface area contributed by atoms with Crippen molar-refractivity contribution in [3.63, 3.8) is 0 Å². The number of rotatable bonds is 5. The van der Waals surface area contributed by atoms with E-state index in [1.165, 1.54) is 10.4 Å². The minimum absolute atomic E-state index is 0. The van der Waals surface area contributed by atoms with E-state index in [1.54, 1.807) is 29.4 Å². The van der Waals surface area contributed by atoms with Crippen LogP contribution in [0.5, 0.6) is 0 Å². The number of hydrogen-bond donors (Lipinski definition) is 1. The van der Waals surface area contributed by atoms with Gasteiger partial charge in [-0.15, -0.1) is 35.5 Å². The summed E-state index contributed by atoms with van der Waals surface area (Å²) < 4.78 is 0. The highest BCUT2D eigenvalue weighted by Gasteiger charge is 2.31. The summed E-state index contributed by atoms with van der Waals surface area (Å²) in [5.41, 5.74) is 7.00. The number of aryl methyl sites for hydroxylation is 2. The van der Waals surface area contributed by atoms with Crippen molar-refractivity contribution in [1.82, 2.24) is 14.9 Å². The first kappa shape index (κ1) is 20.4. The van der Waals surface area contributed by atoms with Crippen LogP contribution < -0.4 is 5.73 Å². The van der Waals surface area contributed by atoms with Gasteiger partial charge in [0, 0.05) is 35.0 Å². The van der Waals surface area contributed by atoms with Gasteiger partial charge in [-0.3, -0.25) is 4.79 Å². The zero-order valence-corrected chi connectivity index (χ0v) is 17.3. The Morgan fingerprint density at radius 1 is 1.44 bits per heavy atom. The van der Waals surface area contributed by atoms with E-state index in [2.05, 4.69) is 30.7 Å². The third-order valence-corrected chi connectivity index (χ3v) is 6.91. The quantitative estimate of drug-likeness (QED) is 0.615. The van der Waals surface area contributed by atoms with Crippen molar-refractivity contribution < 1.29 is 4.79 Å². The Bertz CT molecular complexity index is 752. The molecule has 8 heteroatoms. The molecular weight excluding hydrogens is 376 g/mol. The van der Waals surface area contributed by atoms with E-state index < -0.39 is 0 Å². The maximum atomic E-state index is 12.5. The molecule has 2 N–H and O–H groups in total. The van der Waals surface area contributed by atoms with Crippen molar-refractivity contribution in [2.24, 2.45) is 11.7 Å². The molecule has 25 heavy (non-hydrogen) atoms. The normalized spacial score (nSPS) is 20.1. The molecule has 1 saturated heterocycles. The lowest BCUT2D eigenvalue weighted by Gasteiger charge is -2.21. The highest BCUT2D eigenvalue weighted by molar-refractivity contribution is 7.99. The van der Waals surface area contributed by atoms with Crippen molar-refractivity contribution in [2.45, 2.75) is 44.7 Å². The zero-order chi connectivity index (χ0) is 17.3. The number of amides is 1. The number of carbonyl (C=O) groups excluding carboxylic acids is 1. The fraction of sp³-hybridized carbons (Fsp3) is 0.588. The Labute approximate surface area is 163 Å². The van der Waals surface area contributed by atoms with Gasteiger partial charge in [0.15, 0.2) is 0 Å². The van der Waals surface area contributed by atoms with E-state index in [-0.39, 0.29) is 18.3 Å². The van der Waals surface area contributed by atoms with Gasteiger partial charge in [-0.25, -0.2) is 9.97 Å². The van der Waals surface area contributed by atoms with Gasteiger partial charge in [0.05, 0.1) is 0 Å². The molecule has 138 valence electrons. The van der Waals surface area contributed by atoms with Gasteiger partial charge in [0.1, 0.15) is 16.2 Å². The van der Waals surface area contributed by atoms with Crippen molar-refractivity contribution >= 4 is 51.6 Å². The van der Waals surface area contributed by atoms with Crippen LogP contribution in [0.1, 0.15) is 30.2 Å². The Morgan fingerprint density at radius 2 is 2.20 bits per heavy atom. The van der Waals surface area contributed by atoms with Gasteiger partial charge >= 0.3 is 0 Å². The van der Waals surface area contributed by atoms with Crippen molar-refractivity contribution in [3.05, 3.63) is 16.8 Å². The Balaban J connectivity index is 0.00000225. The molecule has 1 fully saturated rings. The maximum absolute atomic E-state index is 12.5. The number of fused-ring (bicyclic) bond motifs is 1. The molecule has 1 amide bonds. The molecular formula is C17H25ClN4OS2. The molecule has 1 aliphatic rings. The predicted octanol–water partition coefficient (Wildman–Crippen LogP) is 3.41. The monoisotopic (exact) mass is 400 g/mol. The SMILES string of the molecule is Cc1sc2ncnc(SCCC(=O)N3CC(CN)CC3C)c2c1C.Cl. The van der Waals surface area contributed by atoms with Crippen LogP contribution >= 0.6 is 35.5 Å². The average molecular weight is 401 g/mol. The van der Waals surface area contributed by atoms with Crippen molar-refractivity contribution in [3.8, 4) is 0 Å². The van der Waals surface area contributed by atoms with Crippen LogP contribution in [0.3, 0.4) is 0 Å². The second-order valence-corrected chi connectivity index (χ2v) is 8.76. The summed E-state index contributed by atoms with van der Waals surface area (Å²) in [6, 6.07) is 0.309. The molecule has 0 bridgehead atoms. The number of hydrogen-bond acceptors (Lipinski definition) is 6. The van der Waals surface area contributed by atoms with Crippen LogP contribution in [0.15, 0.2) is 11.4 Å². The molecule has 0 aliphatic carbocycles. The fourth-order valence-corrected chi connectivity index (χ4v) is 5.35. The Hall–Kier alpha value is -0.890. The molecule has 2 atom stereocenters. The first-order valence-corrected chi connectivity index (χ1v) is 10.1. The fourth-order valence-electron chi connectivity index (χ4n) is 3.30. The molecule has 2 aromatic rings. The van der Waals surface area contributed by atoms with Gasteiger partial charge in [-0.2, -0.15) is 0 Å². The number of aromatic nitrogens is 2. The second kappa shape index (κ2) is 8.66. The summed E-state index contributed by atoms with van der Waals surface area (Å²) in [4.78, 5) is 25.6. The Morgan fingerprint density at radius 3 is 2.88 bits per heavy atom. The molecule has 2 unspecified atom stereocenters. The number of carbonyl (C=O) groups is 1. The van der Waals surface area contributed by atoms with Gasteiger partial charge in [-0.05, 0) is 45.2 Å². The molecule has 0 spiro atoms. The third kappa shape index (κ3) is 4.27. The van der Waals surface area contributed by atoms with E-state index in [9.17, 15) is 4.79 Å². The smallest absolute Gasteiger partial charge is 0.223 e. The lowest BCUT2D eigenvalue weighted by Crippen LogP contribution is -2.34. The number of thioether (sulfide) groups is 1. The Kier molecular flexibility index (Phi) is 7.08. The number of nitrogens with two attached hydrogens (primary N) is 1. The van der Waals surface area contributed by atoms with Crippen molar-refractivity contribution in [2.75, 3.05) is 18.8 Å². The van der Waals surface area contributed by atoms with Crippen LogP contribution in [0.25, 0.3) is 10.2 Å². The first-order chi connectivity index (χ1) is 11.5. The topological polar surface area (TPSA) is 72.1 Å². The largest absolute Gasteiger partial charge is 0.340 e. The van der Waals surface area contributed by atoms with Crippen LogP contribution in [-0.4, -0.2) is 45.7 Å². The van der Waals surface area contributed by atoms with E-state index in [1.807, 2.05) is 4.90 Å². The summed E-state index contributed by atoms with van der Waals surface area (Å²) in [5, 5.41) is 2.14. The molecule has 0 aromatic carbocycles. The number of likely N-dealkylation sites (tertiary alicyclic amines) is 1. The molecule has 2 aromatic heterocycles. The molecule has 0 radical (unpaired) electrons. The third-order valence-electron chi connectivity index (χ3n) is 4.80. The number of thiophene rings is 1. The summed E-state index contributed by atoms with van der Waals surface area (Å²) in [5.74, 6) is 1.43. The van der Waals surface area contributed by atoms with E-state index in [4.69, 9.17) is 5.73 Å². The molecule has 5 nitrogen and oxygen atoms in total. The molecule has 1 aliphatic heterocycles. The van der Waals surface area contributed by atoms with Gasteiger partial charge in [0.25, 0.3) is 0 Å². The van der Waals surface area contributed by atoms with Crippen LogP contribution in [0, 0.1) is 19.8 Å². The second-order valence-electron chi connectivity index (χ2n) is 6.47. The van der Waals surface area contributed by atoms with E-state index >= 15 is 0 Å². The minimum atomic E-state index is 0.